The predicted molar refractivity (Wildman–Crippen MR) is 102 cm³/mol. The molecule has 1 unspecified atom stereocenters. The summed E-state index contributed by atoms with van der Waals surface area (Å²) in [5.74, 6) is -0.604. The molecular formula is C13H12I3NO4. The average Bonchev–Trinajstić information content (AvgIpc) is 2.49. The molecule has 0 aliphatic carbocycles. The summed E-state index contributed by atoms with van der Waals surface area (Å²) in [6.45, 7) is 0.990. The number of carbonyl (C=O) groups is 2. The SMILES string of the molecule is COC(=O)C1COCCN1C(=O)c1cc(I)cc(I)c1I. The van der Waals surface area contributed by atoms with E-state index in [2.05, 4.69) is 67.8 Å². The Morgan fingerprint density at radius 1 is 1.33 bits per heavy atom. The number of ether oxygens (including phenoxy) is 2. The second-order valence-electron chi connectivity index (χ2n) is 4.36. The average molecular weight is 627 g/mol. The lowest BCUT2D eigenvalue weighted by molar-refractivity contribution is -0.151. The van der Waals surface area contributed by atoms with Gasteiger partial charge in [-0.1, -0.05) is 0 Å². The van der Waals surface area contributed by atoms with E-state index in [0.717, 1.165) is 10.7 Å². The van der Waals surface area contributed by atoms with Crippen molar-refractivity contribution in [1.29, 1.82) is 0 Å². The Kier molecular flexibility index (Phi) is 6.50. The molecule has 2 rings (SSSR count). The van der Waals surface area contributed by atoms with Crippen LogP contribution in [0.25, 0.3) is 0 Å². The Hall–Kier alpha value is 0.310. The summed E-state index contributed by atoms with van der Waals surface area (Å²) in [6.07, 6.45) is 0. The molecule has 0 bridgehead atoms. The maximum atomic E-state index is 12.8. The summed E-state index contributed by atoms with van der Waals surface area (Å²) in [6, 6.07) is 3.18. The highest BCUT2D eigenvalue weighted by atomic mass is 127. The molecule has 0 saturated carbocycles. The lowest BCUT2D eigenvalue weighted by atomic mass is 10.1. The number of methoxy groups -OCH3 is 1. The van der Waals surface area contributed by atoms with Crippen LogP contribution in [0, 0.1) is 10.7 Å². The van der Waals surface area contributed by atoms with E-state index in [1.165, 1.54) is 7.11 Å². The van der Waals surface area contributed by atoms with Crippen molar-refractivity contribution in [3.05, 3.63) is 28.4 Å². The van der Waals surface area contributed by atoms with Gasteiger partial charge >= 0.3 is 5.97 Å². The molecule has 0 N–H and O–H groups in total. The van der Waals surface area contributed by atoms with Gasteiger partial charge in [-0.15, -0.1) is 0 Å². The third kappa shape index (κ3) is 3.99. The van der Waals surface area contributed by atoms with E-state index in [-0.39, 0.29) is 12.5 Å². The first kappa shape index (κ1) is 17.7. The molecule has 1 aliphatic rings. The highest BCUT2D eigenvalue weighted by molar-refractivity contribution is 14.1. The zero-order valence-corrected chi connectivity index (χ0v) is 17.5. The minimum absolute atomic E-state index is 0.158. The quantitative estimate of drug-likeness (QED) is 0.288. The molecule has 21 heavy (non-hydrogen) atoms. The van der Waals surface area contributed by atoms with Gasteiger partial charge < -0.3 is 14.4 Å². The van der Waals surface area contributed by atoms with Crippen LogP contribution in [0.3, 0.4) is 0 Å². The minimum atomic E-state index is -0.678. The van der Waals surface area contributed by atoms with Gasteiger partial charge in [0.1, 0.15) is 0 Å². The number of rotatable bonds is 2. The van der Waals surface area contributed by atoms with Gasteiger partial charge in [-0.05, 0) is 79.9 Å². The summed E-state index contributed by atoms with van der Waals surface area (Å²) < 4.78 is 13.0. The predicted octanol–water partition coefficient (Wildman–Crippen LogP) is 2.51. The third-order valence-corrected chi connectivity index (χ3v) is 6.75. The summed E-state index contributed by atoms with van der Waals surface area (Å²) in [5, 5.41) is 0. The van der Waals surface area contributed by atoms with Crippen LogP contribution in [0.4, 0.5) is 0 Å². The van der Waals surface area contributed by atoms with Crippen LogP contribution in [0.2, 0.25) is 0 Å². The number of esters is 1. The second kappa shape index (κ2) is 7.73. The molecule has 1 aromatic carbocycles. The van der Waals surface area contributed by atoms with Gasteiger partial charge in [0.05, 0.1) is 25.9 Å². The van der Waals surface area contributed by atoms with Crippen molar-refractivity contribution in [2.75, 3.05) is 26.9 Å². The molecule has 1 saturated heterocycles. The van der Waals surface area contributed by atoms with Crippen molar-refractivity contribution in [2.45, 2.75) is 6.04 Å². The van der Waals surface area contributed by atoms with Crippen molar-refractivity contribution in [1.82, 2.24) is 4.90 Å². The maximum Gasteiger partial charge on any atom is 0.331 e. The smallest absolute Gasteiger partial charge is 0.331 e. The molecule has 1 heterocycles. The number of hydrogen-bond donors (Lipinski definition) is 0. The molecule has 114 valence electrons. The molecule has 1 amide bonds. The largest absolute Gasteiger partial charge is 0.467 e. The number of morpholine rings is 1. The van der Waals surface area contributed by atoms with E-state index in [1.807, 2.05) is 12.1 Å². The van der Waals surface area contributed by atoms with Gasteiger partial charge in [0.25, 0.3) is 5.91 Å². The van der Waals surface area contributed by atoms with E-state index in [0.29, 0.717) is 18.7 Å². The van der Waals surface area contributed by atoms with Gasteiger partial charge in [-0.2, -0.15) is 0 Å². The van der Waals surface area contributed by atoms with Crippen LogP contribution in [-0.4, -0.2) is 49.7 Å². The molecule has 0 aromatic heterocycles. The maximum absolute atomic E-state index is 12.8. The molecule has 0 radical (unpaired) electrons. The van der Waals surface area contributed by atoms with Crippen molar-refractivity contribution >= 4 is 79.6 Å². The molecule has 1 aliphatic heterocycles. The monoisotopic (exact) mass is 627 g/mol. The summed E-state index contributed by atoms with van der Waals surface area (Å²) in [5.41, 5.74) is 0.614. The Morgan fingerprint density at radius 3 is 2.71 bits per heavy atom. The van der Waals surface area contributed by atoms with Crippen LogP contribution in [0.15, 0.2) is 12.1 Å². The molecule has 5 nitrogen and oxygen atoms in total. The number of nitrogens with zero attached hydrogens (tertiary/aromatic N) is 1. The molecule has 0 spiro atoms. The second-order valence-corrected chi connectivity index (χ2v) is 7.85. The highest BCUT2D eigenvalue weighted by Crippen LogP contribution is 2.25. The number of benzene rings is 1. The topological polar surface area (TPSA) is 55.8 Å². The summed E-state index contributed by atoms with van der Waals surface area (Å²) in [7, 11) is 1.32. The first-order chi connectivity index (χ1) is 9.95. The fourth-order valence-corrected chi connectivity index (χ4v) is 4.43. The van der Waals surface area contributed by atoms with Crippen LogP contribution in [0.1, 0.15) is 10.4 Å². The van der Waals surface area contributed by atoms with E-state index in [4.69, 9.17) is 9.47 Å². The normalized spacial score (nSPS) is 18.5. The summed E-state index contributed by atoms with van der Waals surface area (Å²) in [4.78, 5) is 26.2. The first-order valence-electron chi connectivity index (χ1n) is 6.06. The van der Waals surface area contributed by atoms with Crippen molar-refractivity contribution in [3.8, 4) is 0 Å². The van der Waals surface area contributed by atoms with Crippen LogP contribution < -0.4 is 0 Å². The highest BCUT2D eigenvalue weighted by Gasteiger charge is 2.35. The minimum Gasteiger partial charge on any atom is -0.467 e. The Labute approximate surface area is 163 Å². The number of carbonyl (C=O) groups excluding carboxylic acids is 2. The van der Waals surface area contributed by atoms with E-state index >= 15 is 0 Å². The lowest BCUT2D eigenvalue weighted by Crippen LogP contribution is -2.53. The molecule has 8 heteroatoms. The number of amides is 1. The zero-order valence-electron chi connectivity index (χ0n) is 11.1. The Bertz CT molecular complexity index is 579. The van der Waals surface area contributed by atoms with Crippen molar-refractivity contribution in [2.24, 2.45) is 0 Å². The Morgan fingerprint density at radius 2 is 2.05 bits per heavy atom. The first-order valence-corrected chi connectivity index (χ1v) is 9.30. The number of halogens is 3. The number of hydrogen-bond acceptors (Lipinski definition) is 4. The summed E-state index contributed by atoms with van der Waals surface area (Å²) >= 11 is 6.55. The van der Waals surface area contributed by atoms with E-state index in [1.54, 1.807) is 4.90 Å². The van der Waals surface area contributed by atoms with Gasteiger partial charge in [0.2, 0.25) is 0 Å². The Balaban J connectivity index is 2.35. The standard InChI is InChI=1S/C13H12I3NO4/c1-20-13(19)10-6-21-3-2-17(10)12(18)8-4-7(14)5-9(15)11(8)16/h4-5,10H,2-3,6H2,1H3. The van der Waals surface area contributed by atoms with E-state index < -0.39 is 12.0 Å². The van der Waals surface area contributed by atoms with Crippen LogP contribution in [0.5, 0.6) is 0 Å². The zero-order chi connectivity index (χ0) is 15.6. The molecule has 1 atom stereocenters. The van der Waals surface area contributed by atoms with Crippen molar-refractivity contribution in [3.63, 3.8) is 0 Å². The van der Waals surface area contributed by atoms with Gasteiger partial charge in [-0.3, -0.25) is 4.79 Å². The third-order valence-electron chi connectivity index (χ3n) is 3.09. The molecule has 1 aromatic rings. The van der Waals surface area contributed by atoms with Crippen molar-refractivity contribution < 1.29 is 19.1 Å². The van der Waals surface area contributed by atoms with E-state index in [9.17, 15) is 9.59 Å². The lowest BCUT2D eigenvalue weighted by Gasteiger charge is -2.34. The van der Waals surface area contributed by atoms with Crippen LogP contribution >= 0.6 is 67.8 Å². The fourth-order valence-electron chi connectivity index (χ4n) is 2.04. The molecule has 1 fully saturated rings. The van der Waals surface area contributed by atoms with Gasteiger partial charge in [-0.25, -0.2) is 4.79 Å². The fraction of sp³-hybridized carbons (Fsp3) is 0.385. The van der Waals surface area contributed by atoms with Gasteiger partial charge in [0, 0.05) is 17.3 Å². The van der Waals surface area contributed by atoms with Crippen LogP contribution in [-0.2, 0) is 14.3 Å². The molecular weight excluding hydrogens is 615 g/mol. The van der Waals surface area contributed by atoms with Gasteiger partial charge in [0.15, 0.2) is 6.04 Å².